The summed E-state index contributed by atoms with van der Waals surface area (Å²) in [5.41, 5.74) is 2.25. The van der Waals surface area contributed by atoms with Crippen LogP contribution in [0.5, 0.6) is 5.75 Å². The first kappa shape index (κ1) is 13.7. The number of hydrogen-bond donors (Lipinski definition) is 1. The maximum Gasteiger partial charge on any atom is 0.251 e. The summed E-state index contributed by atoms with van der Waals surface area (Å²) in [7, 11) is 0. The highest BCUT2D eigenvalue weighted by Crippen LogP contribution is 2.17. The van der Waals surface area contributed by atoms with Crippen molar-refractivity contribution in [3.8, 4) is 5.75 Å². The maximum atomic E-state index is 11.1. The Bertz CT molecular complexity index is 590. The van der Waals surface area contributed by atoms with Crippen molar-refractivity contribution >= 4 is 11.8 Å². The van der Waals surface area contributed by atoms with Crippen LogP contribution in [0.25, 0.3) is 0 Å². The first-order chi connectivity index (χ1) is 9.13. The van der Waals surface area contributed by atoms with Crippen LogP contribution in [0.4, 0.5) is 0 Å². The summed E-state index contributed by atoms with van der Waals surface area (Å²) in [6, 6.07) is 7.54. The van der Waals surface area contributed by atoms with Crippen molar-refractivity contribution in [1.29, 1.82) is 0 Å². The molecule has 0 spiro atoms. The third kappa shape index (κ3) is 4.44. The standard InChI is InChI=1S/C14H16N2O2S/c1-10-7-11(2)9-12(8-10)18-5-6-19-14-15-4-3-13(17)16-14/h3-4,7-9H,5-6H2,1-2H3,(H,15,16,17). The van der Waals surface area contributed by atoms with Gasteiger partial charge in [0.15, 0.2) is 5.16 Å². The smallest absolute Gasteiger partial charge is 0.251 e. The quantitative estimate of drug-likeness (QED) is 0.518. The number of thioether (sulfide) groups is 1. The van der Waals surface area contributed by atoms with Gasteiger partial charge in [0.25, 0.3) is 5.56 Å². The Kier molecular flexibility index (Phi) is 4.63. The van der Waals surface area contributed by atoms with Crippen molar-refractivity contribution in [1.82, 2.24) is 9.97 Å². The Hall–Kier alpha value is -1.75. The number of rotatable bonds is 5. The molecule has 0 bridgehead atoms. The van der Waals surface area contributed by atoms with Gasteiger partial charge >= 0.3 is 0 Å². The van der Waals surface area contributed by atoms with Crippen LogP contribution in [-0.2, 0) is 0 Å². The molecule has 2 rings (SSSR count). The van der Waals surface area contributed by atoms with E-state index in [-0.39, 0.29) is 5.56 Å². The fourth-order valence-corrected chi connectivity index (χ4v) is 2.41. The molecule has 1 aromatic heterocycles. The van der Waals surface area contributed by atoms with Crippen LogP contribution in [0.2, 0.25) is 0 Å². The normalized spacial score (nSPS) is 10.4. The molecule has 2 aromatic rings. The second-order valence-electron chi connectivity index (χ2n) is 4.26. The number of aromatic nitrogens is 2. The number of H-pyrrole nitrogens is 1. The molecule has 0 unspecified atom stereocenters. The van der Waals surface area contributed by atoms with Crippen LogP contribution in [0, 0.1) is 13.8 Å². The lowest BCUT2D eigenvalue weighted by Crippen LogP contribution is -2.07. The van der Waals surface area contributed by atoms with E-state index in [2.05, 4.69) is 16.0 Å². The fourth-order valence-electron chi connectivity index (χ4n) is 1.74. The lowest BCUT2D eigenvalue weighted by atomic mass is 10.1. The van der Waals surface area contributed by atoms with Crippen molar-refractivity contribution in [3.05, 3.63) is 51.9 Å². The second kappa shape index (κ2) is 6.43. The number of benzene rings is 1. The summed E-state index contributed by atoms with van der Waals surface area (Å²) in [5, 5.41) is 0.622. The molecule has 0 atom stereocenters. The number of nitrogens with one attached hydrogen (secondary N) is 1. The molecule has 0 amide bonds. The first-order valence-corrected chi connectivity index (χ1v) is 7.01. The molecule has 5 heteroatoms. The minimum absolute atomic E-state index is 0.132. The van der Waals surface area contributed by atoms with Crippen molar-refractivity contribution < 1.29 is 4.74 Å². The van der Waals surface area contributed by atoms with E-state index in [0.29, 0.717) is 11.8 Å². The Balaban J connectivity index is 1.82. The van der Waals surface area contributed by atoms with Gasteiger partial charge in [-0.05, 0) is 37.1 Å². The van der Waals surface area contributed by atoms with Crippen molar-refractivity contribution in [3.63, 3.8) is 0 Å². The monoisotopic (exact) mass is 276 g/mol. The highest BCUT2D eigenvalue weighted by atomic mass is 32.2. The van der Waals surface area contributed by atoms with Crippen molar-refractivity contribution in [2.45, 2.75) is 19.0 Å². The lowest BCUT2D eigenvalue weighted by Gasteiger charge is -2.07. The predicted molar refractivity (Wildman–Crippen MR) is 77.0 cm³/mol. The maximum absolute atomic E-state index is 11.1. The zero-order valence-electron chi connectivity index (χ0n) is 11.0. The van der Waals surface area contributed by atoms with Crippen LogP contribution >= 0.6 is 11.8 Å². The Morgan fingerprint density at radius 3 is 2.68 bits per heavy atom. The molecule has 0 aliphatic rings. The van der Waals surface area contributed by atoms with Gasteiger partial charge in [0.05, 0.1) is 6.61 Å². The van der Waals surface area contributed by atoms with Crippen LogP contribution in [0.3, 0.4) is 0 Å². The molecule has 1 N–H and O–H groups in total. The van der Waals surface area contributed by atoms with E-state index in [9.17, 15) is 4.79 Å². The predicted octanol–water partition coefficient (Wildman–Crippen LogP) is 2.56. The van der Waals surface area contributed by atoms with Crippen LogP contribution in [0.15, 0.2) is 40.4 Å². The average Bonchev–Trinajstić information content (AvgIpc) is 2.34. The lowest BCUT2D eigenvalue weighted by molar-refractivity contribution is 0.343. The third-order valence-corrected chi connectivity index (χ3v) is 3.29. The summed E-state index contributed by atoms with van der Waals surface area (Å²) < 4.78 is 5.68. The minimum Gasteiger partial charge on any atom is -0.493 e. The van der Waals surface area contributed by atoms with Crippen LogP contribution in [0.1, 0.15) is 11.1 Å². The SMILES string of the molecule is Cc1cc(C)cc(OCCSc2nccc(=O)[nH]2)c1. The number of ether oxygens (including phenoxy) is 1. The van der Waals surface area contributed by atoms with E-state index in [1.807, 2.05) is 26.0 Å². The van der Waals surface area contributed by atoms with Crippen molar-refractivity contribution in [2.75, 3.05) is 12.4 Å². The molecular formula is C14H16N2O2S. The van der Waals surface area contributed by atoms with Gasteiger partial charge in [-0.1, -0.05) is 17.8 Å². The Labute approximate surface area is 116 Å². The minimum atomic E-state index is -0.132. The highest BCUT2D eigenvalue weighted by Gasteiger charge is 1.99. The summed E-state index contributed by atoms with van der Waals surface area (Å²) in [6.45, 7) is 4.67. The molecule has 4 nitrogen and oxygen atoms in total. The van der Waals surface area contributed by atoms with Gasteiger partial charge in [0, 0.05) is 18.0 Å². The van der Waals surface area contributed by atoms with Crippen LogP contribution in [-0.4, -0.2) is 22.3 Å². The number of aromatic amines is 1. The molecule has 1 aromatic carbocycles. The van der Waals surface area contributed by atoms with E-state index >= 15 is 0 Å². The average molecular weight is 276 g/mol. The second-order valence-corrected chi connectivity index (χ2v) is 5.34. The molecule has 100 valence electrons. The molecular weight excluding hydrogens is 260 g/mol. The molecule has 0 fully saturated rings. The third-order valence-electron chi connectivity index (χ3n) is 2.43. The molecule has 19 heavy (non-hydrogen) atoms. The van der Waals surface area contributed by atoms with Gasteiger partial charge in [-0.2, -0.15) is 0 Å². The number of aryl methyl sites for hydroxylation is 2. The van der Waals surface area contributed by atoms with E-state index < -0.39 is 0 Å². The highest BCUT2D eigenvalue weighted by molar-refractivity contribution is 7.99. The van der Waals surface area contributed by atoms with Crippen LogP contribution < -0.4 is 10.3 Å². The van der Waals surface area contributed by atoms with Gasteiger partial charge in [0.1, 0.15) is 5.75 Å². The molecule has 1 heterocycles. The van der Waals surface area contributed by atoms with Gasteiger partial charge in [-0.3, -0.25) is 4.79 Å². The van der Waals surface area contributed by atoms with E-state index in [4.69, 9.17) is 4.74 Å². The molecule has 0 aliphatic heterocycles. The largest absolute Gasteiger partial charge is 0.493 e. The van der Waals surface area contributed by atoms with E-state index in [1.54, 1.807) is 0 Å². The molecule has 0 aliphatic carbocycles. The summed E-state index contributed by atoms with van der Waals surface area (Å²) in [6.07, 6.45) is 1.51. The summed E-state index contributed by atoms with van der Waals surface area (Å²) in [4.78, 5) is 17.8. The topological polar surface area (TPSA) is 55.0 Å². The van der Waals surface area contributed by atoms with Gasteiger partial charge in [0.2, 0.25) is 0 Å². The molecule has 0 saturated heterocycles. The fraction of sp³-hybridized carbons (Fsp3) is 0.286. The van der Waals surface area contributed by atoms with Gasteiger partial charge in [-0.25, -0.2) is 4.98 Å². The number of nitrogens with zero attached hydrogens (tertiary/aromatic N) is 1. The Morgan fingerprint density at radius 2 is 2.00 bits per heavy atom. The summed E-state index contributed by atoms with van der Waals surface area (Å²) in [5.74, 6) is 1.62. The van der Waals surface area contributed by atoms with E-state index in [1.165, 1.54) is 35.2 Å². The van der Waals surface area contributed by atoms with Crippen molar-refractivity contribution in [2.24, 2.45) is 0 Å². The number of hydrogen-bond acceptors (Lipinski definition) is 4. The zero-order valence-corrected chi connectivity index (χ0v) is 11.8. The Morgan fingerprint density at radius 1 is 1.26 bits per heavy atom. The molecule has 0 radical (unpaired) electrons. The van der Waals surface area contributed by atoms with Gasteiger partial charge in [-0.15, -0.1) is 0 Å². The molecule has 0 saturated carbocycles. The zero-order chi connectivity index (χ0) is 13.7. The van der Waals surface area contributed by atoms with E-state index in [0.717, 1.165) is 11.5 Å². The first-order valence-electron chi connectivity index (χ1n) is 6.03. The summed E-state index contributed by atoms with van der Waals surface area (Å²) >= 11 is 1.47. The van der Waals surface area contributed by atoms with Gasteiger partial charge < -0.3 is 9.72 Å².